The van der Waals surface area contributed by atoms with Crippen molar-refractivity contribution in [1.29, 1.82) is 5.26 Å². The van der Waals surface area contributed by atoms with Gasteiger partial charge in [-0.2, -0.15) is 5.26 Å². The van der Waals surface area contributed by atoms with E-state index in [1.807, 2.05) is 7.05 Å². The van der Waals surface area contributed by atoms with Crippen LogP contribution in [0.4, 0.5) is 5.82 Å². The molecule has 21 heavy (non-hydrogen) atoms. The van der Waals surface area contributed by atoms with Crippen molar-refractivity contribution in [2.75, 3.05) is 25.0 Å². The van der Waals surface area contributed by atoms with E-state index >= 15 is 0 Å². The molecule has 1 aliphatic heterocycles. The minimum atomic E-state index is 0.463. The van der Waals surface area contributed by atoms with Crippen molar-refractivity contribution >= 4 is 5.82 Å². The van der Waals surface area contributed by atoms with Gasteiger partial charge >= 0.3 is 0 Å². The van der Waals surface area contributed by atoms with Crippen LogP contribution in [0.15, 0.2) is 6.07 Å². The zero-order valence-corrected chi connectivity index (χ0v) is 12.9. The molecule has 0 aromatic carbocycles. The van der Waals surface area contributed by atoms with Gasteiger partial charge in [0.1, 0.15) is 11.9 Å². The summed E-state index contributed by atoms with van der Waals surface area (Å²) >= 11 is 0. The number of nitrogens with zero attached hydrogens (tertiary/aromatic N) is 3. The number of piperidine rings is 1. The van der Waals surface area contributed by atoms with E-state index in [0.29, 0.717) is 6.04 Å². The average Bonchev–Trinajstić information content (AvgIpc) is 2.54. The number of rotatable bonds is 3. The van der Waals surface area contributed by atoms with E-state index in [9.17, 15) is 5.26 Å². The third-order valence-corrected chi connectivity index (χ3v) is 4.74. The molecule has 112 valence electrons. The number of hydrogen-bond acceptors (Lipinski definition) is 4. The SMILES string of the molecule is CNCC1CCCCN1c1nc2c(cc1C#N)CCCC2. The Morgan fingerprint density at radius 3 is 3.00 bits per heavy atom. The van der Waals surface area contributed by atoms with Crippen molar-refractivity contribution in [2.24, 2.45) is 0 Å². The van der Waals surface area contributed by atoms with Crippen LogP contribution < -0.4 is 10.2 Å². The van der Waals surface area contributed by atoms with Crippen molar-refractivity contribution < 1.29 is 0 Å². The highest BCUT2D eigenvalue weighted by atomic mass is 15.2. The number of fused-ring (bicyclic) bond motifs is 1. The first-order chi connectivity index (χ1) is 10.3. The largest absolute Gasteiger partial charge is 0.351 e. The molecule has 0 radical (unpaired) electrons. The molecule has 0 spiro atoms. The molecular formula is C17H24N4. The van der Waals surface area contributed by atoms with E-state index in [-0.39, 0.29) is 0 Å². The molecule has 1 aromatic heterocycles. The van der Waals surface area contributed by atoms with Crippen LogP contribution >= 0.6 is 0 Å². The van der Waals surface area contributed by atoms with Gasteiger partial charge in [0.25, 0.3) is 0 Å². The highest BCUT2D eigenvalue weighted by Crippen LogP contribution is 2.30. The van der Waals surface area contributed by atoms with E-state index in [1.54, 1.807) is 0 Å². The predicted octanol–water partition coefficient (Wildman–Crippen LogP) is 2.41. The smallest absolute Gasteiger partial charge is 0.147 e. The Balaban J connectivity index is 1.97. The molecule has 1 aliphatic carbocycles. The third-order valence-electron chi connectivity index (χ3n) is 4.74. The van der Waals surface area contributed by atoms with Gasteiger partial charge in [-0.1, -0.05) is 0 Å². The lowest BCUT2D eigenvalue weighted by atomic mass is 9.94. The van der Waals surface area contributed by atoms with Crippen molar-refractivity contribution in [3.63, 3.8) is 0 Å². The minimum absolute atomic E-state index is 0.463. The van der Waals surface area contributed by atoms with Gasteiger partial charge in [0.2, 0.25) is 0 Å². The number of hydrogen-bond donors (Lipinski definition) is 1. The van der Waals surface area contributed by atoms with Crippen LogP contribution in [0.1, 0.15) is 48.9 Å². The number of aromatic nitrogens is 1. The van der Waals surface area contributed by atoms with Gasteiger partial charge in [-0.3, -0.25) is 0 Å². The summed E-state index contributed by atoms with van der Waals surface area (Å²) in [6.45, 7) is 1.98. The molecule has 4 heteroatoms. The molecule has 4 nitrogen and oxygen atoms in total. The average molecular weight is 284 g/mol. The standard InChI is InChI=1S/C17H24N4/c1-19-12-15-7-4-5-9-21(15)17-14(11-18)10-13-6-2-3-8-16(13)20-17/h10,15,19H,2-9,12H2,1H3. The van der Waals surface area contributed by atoms with Crippen LogP contribution in [0.2, 0.25) is 0 Å². The summed E-state index contributed by atoms with van der Waals surface area (Å²) in [7, 11) is 2.00. The zero-order valence-electron chi connectivity index (χ0n) is 12.9. The fourth-order valence-corrected chi connectivity index (χ4v) is 3.65. The Kier molecular flexibility index (Phi) is 4.40. The summed E-state index contributed by atoms with van der Waals surface area (Å²) in [5, 5.41) is 12.8. The summed E-state index contributed by atoms with van der Waals surface area (Å²) < 4.78 is 0. The van der Waals surface area contributed by atoms with Crippen LogP contribution in [-0.4, -0.2) is 31.2 Å². The Hall–Kier alpha value is -1.60. The summed E-state index contributed by atoms with van der Waals surface area (Å²) in [6.07, 6.45) is 8.26. The first-order valence-corrected chi connectivity index (χ1v) is 8.17. The Labute approximate surface area is 127 Å². The number of aryl methyl sites for hydroxylation is 2. The van der Waals surface area contributed by atoms with Gasteiger partial charge in [-0.15, -0.1) is 0 Å². The molecule has 2 aliphatic rings. The van der Waals surface area contributed by atoms with Crippen LogP contribution in [0.3, 0.4) is 0 Å². The normalized spacial score (nSPS) is 21.7. The Morgan fingerprint density at radius 1 is 1.33 bits per heavy atom. The molecule has 1 N–H and O–H groups in total. The molecule has 1 unspecified atom stereocenters. The molecule has 1 saturated heterocycles. The summed E-state index contributed by atoms with van der Waals surface area (Å²) in [4.78, 5) is 7.28. The number of pyridine rings is 1. The second-order valence-electron chi connectivity index (χ2n) is 6.18. The summed E-state index contributed by atoms with van der Waals surface area (Å²) in [5.41, 5.74) is 3.28. The van der Waals surface area contributed by atoms with Gasteiger partial charge in [-0.05, 0) is 63.6 Å². The topological polar surface area (TPSA) is 52.0 Å². The van der Waals surface area contributed by atoms with Crippen LogP contribution in [0, 0.1) is 11.3 Å². The maximum atomic E-state index is 9.53. The number of anilines is 1. The second kappa shape index (κ2) is 6.44. The molecule has 0 amide bonds. The maximum Gasteiger partial charge on any atom is 0.147 e. The van der Waals surface area contributed by atoms with Gasteiger partial charge in [0.15, 0.2) is 0 Å². The predicted molar refractivity (Wildman–Crippen MR) is 84.5 cm³/mol. The highest BCUT2D eigenvalue weighted by molar-refractivity contribution is 5.57. The fraction of sp³-hybridized carbons (Fsp3) is 0.647. The minimum Gasteiger partial charge on any atom is -0.351 e. The lowest BCUT2D eigenvalue weighted by molar-refractivity contribution is 0.442. The first-order valence-electron chi connectivity index (χ1n) is 8.17. The molecular weight excluding hydrogens is 260 g/mol. The molecule has 0 saturated carbocycles. The molecule has 0 bridgehead atoms. The third kappa shape index (κ3) is 2.89. The number of likely N-dealkylation sites (N-methyl/N-ethyl adjacent to an activating group) is 1. The molecule has 2 heterocycles. The number of nitrogens with one attached hydrogen (secondary N) is 1. The quantitative estimate of drug-likeness (QED) is 0.926. The van der Waals surface area contributed by atoms with E-state index < -0.39 is 0 Å². The highest BCUT2D eigenvalue weighted by Gasteiger charge is 2.26. The van der Waals surface area contributed by atoms with Crippen molar-refractivity contribution in [2.45, 2.75) is 51.0 Å². The van der Waals surface area contributed by atoms with Gasteiger partial charge < -0.3 is 10.2 Å². The Bertz CT molecular complexity index is 544. The van der Waals surface area contributed by atoms with Crippen LogP contribution in [-0.2, 0) is 12.8 Å². The van der Waals surface area contributed by atoms with Crippen LogP contribution in [0.5, 0.6) is 0 Å². The van der Waals surface area contributed by atoms with Crippen molar-refractivity contribution in [1.82, 2.24) is 10.3 Å². The van der Waals surface area contributed by atoms with E-state index in [1.165, 1.54) is 43.4 Å². The monoisotopic (exact) mass is 284 g/mol. The summed E-state index contributed by atoms with van der Waals surface area (Å²) in [5.74, 6) is 0.929. The molecule has 1 aromatic rings. The molecule has 1 fully saturated rings. The second-order valence-corrected chi connectivity index (χ2v) is 6.18. The zero-order chi connectivity index (χ0) is 14.7. The van der Waals surface area contributed by atoms with Crippen molar-refractivity contribution in [3.8, 4) is 6.07 Å². The Morgan fingerprint density at radius 2 is 2.19 bits per heavy atom. The maximum absolute atomic E-state index is 9.53. The lowest BCUT2D eigenvalue weighted by Gasteiger charge is -2.37. The summed E-state index contributed by atoms with van der Waals surface area (Å²) in [6, 6.07) is 4.94. The first kappa shape index (κ1) is 14.3. The van der Waals surface area contributed by atoms with Crippen molar-refractivity contribution in [3.05, 3.63) is 22.9 Å². The number of nitriles is 1. The van der Waals surface area contributed by atoms with Crippen LogP contribution in [0.25, 0.3) is 0 Å². The molecule has 1 atom stereocenters. The van der Waals surface area contributed by atoms with E-state index in [0.717, 1.165) is 37.3 Å². The van der Waals surface area contributed by atoms with E-state index in [2.05, 4.69) is 22.4 Å². The lowest BCUT2D eigenvalue weighted by Crippen LogP contribution is -2.45. The van der Waals surface area contributed by atoms with Gasteiger partial charge in [0, 0.05) is 24.8 Å². The van der Waals surface area contributed by atoms with E-state index in [4.69, 9.17) is 4.98 Å². The van der Waals surface area contributed by atoms with Gasteiger partial charge in [-0.25, -0.2) is 4.98 Å². The molecule has 3 rings (SSSR count). The fourth-order valence-electron chi connectivity index (χ4n) is 3.65. The van der Waals surface area contributed by atoms with Gasteiger partial charge in [0.05, 0.1) is 5.56 Å².